The number of amides is 1. The monoisotopic (exact) mass is 286 g/mol. The van der Waals surface area contributed by atoms with Crippen molar-refractivity contribution in [3.8, 4) is 11.3 Å². The molecule has 1 atom stereocenters. The lowest BCUT2D eigenvalue weighted by atomic mass is 10.1. The number of aliphatic hydroxyl groups excluding tert-OH is 1. The highest BCUT2D eigenvalue weighted by Gasteiger charge is 2.13. The Labute approximate surface area is 122 Å². The van der Waals surface area contributed by atoms with E-state index >= 15 is 0 Å². The van der Waals surface area contributed by atoms with Gasteiger partial charge in [0.1, 0.15) is 5.56 Å². The van der Waals surface area contributed by atoms with Gasteiger partial charge in [-0.25, -0.2) is 0 Å². The normalized spacial score (nSPS) is 11.9. The van der Waals surface area contributed by atoms with Crippen molar-refractivity contribution in [3.05, 3.63) is 58.4 Å². The molecule has 0 aliphatic carbocycles. The first-order valence-electron chi connectivity index (χ1n) is 6.82. The van der Waals surface area contributed by atoms with Crippen molar-refractivity contribution in [1.82, 2.24) is 10.3 Å². The molecule has 0 saturated carbocycles. The molecule has 0 aliphatic heterocycles. The molecule has 0 fully saturated rings. The first-order valence-corrected chi connectivity index (χ1v) is 6.82. The third-order valence-corrected chi connectivity index (χ3v) is 3.18. The number of hydrogen-bond acceptors (Lipinski definition) is 3. The van der Waals surface area contributed by atoms with Gasteiger partial charge in [-0.2, -0.15) is 0 Å². The maximum Gasteiger partial charge on any atom is 0.261 e. The molecule has 0 aliphatic rings. The van der Waals surface area contributed by atoms with Gasteiger partial charge in [-0.1, -0.05) is 30.3 Å². The van der Waals surface area contributed by atoms with Crippen LogP contribution in [0.1, 0.15) is 23.7 Å². The topological polar surface area (TPSA) is 82.2 Å². The first kappa shape index (κ1) is 15.0. The number of aliphatic hydroxyl groups is 1. The summed E-state index contributed by atoms with van der Waals surface area (Å²) in [6.45, 7) is 1.77. The maximum atomic E-state index is 12.0. The molecule has 2 rings (SSSR count). The molecule has 2 aromatic rings. The van der Waals surface area contributed by atoms with E-state index < -0.39 is 11.5 Å². The summed E-state index contributed by atoms with van der Waals surface area (Å²) in [5.74, 6) is -0.434. The molecular formula is C16H18N2O3. The lowest BCUT2D eigenvalue weighted by Gasteiger charge is -2.12. The fraction of sp³-hybridized carbons (Fsp3) is 0.250. The van der Waals surface area contributed by atoms with Crippen molar-refractivity contribution in [1.29, 1.82) is 0 Å². The molecule has 0 radical (unpaired) electrons. The summed E-state index contributed by atoms with van der Waals surface area (Å²) in [6, 6.07) is 12.5. The van der Waals surface area contributed by atoms with E-state index in [1.165, 1.54) is 6.07 Å². The molecule has 1 aromatic carbocycles. The minimum Gasteiger partial charge on any atom is -0.396 e. The number of benzene rings is 1. The van der Waals surface area contributed by atoms with E-state index in [-0.39, 0.29) is 18.2 Å². The van der Waals surface area contributed by atoms with Crippen molar-refractivity contribution in [2.24, 2.45) is 0 Å². The number of rotatable bonds is 5. The Morgan fingerprint density at radius 3 is 2.57 bits per heavy atom. The van der Waals surface area contributed by atoms with E-state index in [0.29, 0.717) is 12.1 Å². The summed E-state index contributed by atoms with van der Waals surface area (Å²) in [7, 11) is 0. The van der Waals surface area contributed by atoms with Gasteiger partial charge in [0.15, 0.2) is 0 Å². The molecule has 21 heavy (non-hydrogen) atoms. The molecule has 1 amide bonds. The van der Waals surface area contributed by atoms with Crippen molar-refractivity contribution >= 4 is 5.91 Å². The van der Waals surface area contributed by atoms with Crippen LogP contribution in [-0.2, 0) is 0 Å². The number of aromatic amines is 1. The Kier molecular flexibility index (Phi) is 4.90. The van der Waals surface area contributed by atoms with Gasteiger partial charge in [0.05, 0.1) is 0 Å². The van der Waals surface area contributed by atoms with Gasteiger partial charge in [-0.3, -0.25) is 9.59 Å². The van der Waals surface area contributed by atoms with E-state index in [1.54, 1.807) is 13.0 Å². The van der Waals surface area contributed by atoms with E-state index in [0.717, 1.165) is 5.56 Å². The molecule has 1 unspecified atom stereocenters. The van der Waals surface area contributed by atoms with E-state index in [1.807, 2.05) is 30.3 Å². The standard InChI is InChI=1S/C16H18N2O3/c1-11(9-10-19)17-15(20)13-7-8-14(18-16(13)21)12-5-3-2-4-6-12/h2-8,11,19H,9-10H2,1H3,(H,17,20)(H,18,21). The summed E-state index contributed by atoms with van der Waals surface area (Å²) < 4.78 is 0. The number of H-pyrrole nitrogens is 1. The molecule has 3 N–H and O–H groups in total. The molecular weight excluding hydrogens is 268 g/mol. The highest BCUT2D eigenvalue weighted by Crippen LogP contribution is 2.14. The van der Waals surface area contributed by atoms with Gasteiger partial charge in [0.2, 0.25) is 0 Å². The summed E-state index contributed by atoms with van der Waals surface area (Å²) >= 11 is 0. The zero-order valence-electron chi connectivity index (χ0n) is 11.8. The zero-order chi connectivity index (χ0) is 15.2. The quantitative estimate of drug-likeness (QED) is 0.779. The molecule has 0 spiro atoms. The van der Waals surface area contributed by atoms with Crippen molar-refractivity contribution in [3.63, 3.8) is 0 Å². The van der Waals surface area contributed by atoms with Gasteiger partial charge in [-0.05, 0) is 31.0 Å². The zero-order valence-corrected chi connectivity index (χ0v) is 11.8. The lowest BCUT2D eigenvalue weighted by molar-refractivity contribution is 0.0933. The smallest absolute Gasteiger partial charge is 0.261 e. The van der Waals surface area contributed by atoms with Crippen molar-refractivity contribution < 1.29 is 9.90 Å². The summed E-state index contributed by atoms with van der Waals surface area (Å²) in [4.78, 5) is 26.7. The van der Waals surface area contributed by atoms with Gasteiger partial charge in [-0.15, -0.1) is 0 Å². The number of carbonyl (C=O) groups excluding carboxylic acids is 1. The Morgan fingerprint density at radius 2 is 1.95 bits per heavy atom. The molecule has 5 heteroatoms. The predicted molar refractivity (Wildman–Crippen MR) is 81.1 cm³/mol. The second-order valence-electron chi connectivity index (χ2n) is 4.87. The fourth-order valence-electron chi connectivity index (χ4n) is 2.01. The highest BCUT2D eigenvalue weighted by atomic mass is 16.3. The molecule has 110 valence electrons. The number of aromatic nitrogens is 1. The number of carbonyl (C=O) groups is 1. The van der Waals surface area contributed by atoms with E-state index in [2.05, 4.69) is 10.3 Å². The Morgan fingerprint density at radius 1 is 1.24 bits per heavy atom. The highest BCUT2D eigenvalue weighted by molar-refractivity contribution is 5.94. The minimum absolute atomic E-state index is 0.00918. The second kappa shape index (κ2) is 6.85. The van der Waals surface area contributed by atoms with Crippen LogP contribution in [0, 0.1) is 0 Å². The van der Waals surface area contributed by atoms with Gasteiger partial charge in [0.25, 0.3) is 11.5 Å². The van der Waals surface area contributed by atoms with Crippen LogP contribution >= 0.6 is 0 Å². The average Bonchev–Trinajstić information content (AvgIpc) is 2.48. The van der Waals surface area contributed by atoms with Crippen LogP contribution in [0.5, 0.6) is 0 Å². The Hall–Kier alpha value is -2.40. The molecule has 1 heterocycles. The molecule has 5 nitrogen and oxygen atoms in total. The predicted octanol–water partition coefficient (Wildman–Crippen LogP) is 1.54. The first-order chi connectivity index (χ1) is 10.1. The van der Waals surface area contributed by atoms with Crippen LogP contribution in [0.4, 0.5) is 0 Å². The van der Waals surface area contributed by atoms with Crippen LogP contribution in [0.2, 0.25) is 0 Å². The average molecular weight is 286 g/mol. The van der Waals surface area contributed by atoms with Crippen LogP contribution in [0.25, 0.3) is 11.3 Å². The van der Waals surface area contributed by atoms with Crippen molar-refractivity contribution in [2.45, 2.75) is 19.4 Å². The number of pyridine rings is 1. The van der Waals surface area contributed by atoms with Crippen molar-refractivity contribution in [2.75, 3.05) is 6.61 Å². The summed E-state index contributed by atoms with van der Waals surface area (Å²) in [5, 5.41) is 11.5. The maximum absolute atomic E-state index is 12.0. The Balaban J connectivity index is 2.20. The van der Waals surface area contributed by atoms with Gasteiger partial charge < -0.3 is 15.4 Å². The summed E-state index contributed by atoms with van der Waals surface area (Å²) in [6.07, 6.45) is 0.450. The largest absolute Gasteiger partial charge is 0.396 e. The van der Waals surface area contributed by atoms with Crippen LogP contribution in [0.3, 0.4) is 0 Å². The fourth-order valence-corrected chi connectivity index (χ4v) is 2.01. The number of nitrogens with one attached hydrogen (secondary N) is 2. The van der Waals surface area contributed by atoms with Crippen LogP contribution in [-0.4, -0.2) is 28.6 Å². The molecule has 1 aromatic heterocycles. The third kappa shape index (κ3) is 3.79. The van der Waals surface area contributed by atoms with Crippen LogP contribution in [0.15, 0.2) is 47.3 Å². The molecule has 0 saturated heterocycles. The second-order valence-corrected chi connectivity index (χ2v) is 4.87. The van der Waals surface area contributed by atoms with E-state index in [9.17, 15) is 9.59 Å². The van der Waals surface area contributed by atoms with Gasteiger partial charge in [0, 0.05) is 18.3 Å². The van der Waals surface area contributed by atoms with Crippen LogP contribution < -0.4 is 10.9 Å². The van der Waals surface area contributed by atoms with E-state index in [4.69, 9.17) is 5.11 Å². The molecule has 0 bridgehead atoms. The lowest BCUT2D eigenvalue weighted by Crippen LogP contribution is -2.36. The Bertz CT molecular complexity index is 665. The number of hydrogen-bond donors (Lipinski definition) is 3. The minimum atomic E-state index is -0.434. The van der Waals surface area contributed by atoms with Gasteiger partial charge >= 0.3 is 0 Å². The SMILES string of the molecule is CC(CCO)NC(=O)c1ccc(-c2ccccc2)[nH]c1=O. The third-order valence-electron chi connectivity index (χ3n) is 3.18. The summed E-state index contributed by atoms with van der Waals surface area (Å²) in [5.41, 5.74) is 1.19.